The number of aliphatic hydroxyl groups is 1. The predicted octanol–water partition coefficient (Wildman–Crippen LogP) is 1.91. The maximum absolute atomic E-state index is 7.76. The van der Waals surface area contributed by atoms with E-state index in [1.807, 2.05) is 38.1 Å². The average molecular weight is 251 g/mol. The van der Waals surface area contributed by atoms with Gasteiger partial charge in [-0.1, -0.05) is 19.9 Å². The maximum Gasteiger partial charge on any atom is 0.211 e. The monoisotopic (exact) mass is 251 g/mol. The molecule has 0 saturated heterocycles. The van der Waals surface area contributed by atoms with Crippen molar-refractivity contribution in [3.63, 3.8) is 0 Å². The molecule has 0 radical (unpaired) electrons. The Bertz CT molecular complexity index is 589. The number of H-pyrrole nitrogens is 1. The third kappa shape index (κ3) is 3.24. The molecule has 1 heterocycles. The van der Waals surface area contributed by atoms with Gasteiger partial charge >= 0.3 is 0 Å². The van der Waals surface area contributed by atoms with Crippen LogP contribution in [-0.2, 0) is 0 Å². The van der Waals surface area contributed by atoms with Crippen LogP contribution in [0.1, 0.15) is 13.8 Å². The number of hydrogen-bond donors (Lipinski definition) is 3. The van der Waals surface area contributed by atoms with E-state index in [0.717, 1.165) is 10.9 Å². The van der Waals surface area contributed by atoms with E-state index in [9.17, 15) is 0 Å². The molecule has 1 unspecified atom stereocenters. The highest BCUT2D eigenvalue weighted by atomic mass is 16.5. The second-order valence-electron chi connectivity index (χ2n) is 4.53. The molecule has 0 amide bonds. The lowest BCUT2D eigenvalue weighted by molar-refractivity contribution is 0.105. The minimum absolute atomic E-state index is 0.0587. The zero-order valence-electron chi connectivity index (χ0n) is 13.7. The Morgan fingerprint density at radius 1 is 1.56 bits per heavy atom. The summed E-state index contributed by atoms with van der Waals surface area (Å²) in [5.41, 5.74) is 0.764. The van der Waals surface area contributed by atoms with Gasteiger partial charge in [-0.05, 0) is 18.2 Å². The predicted molar refractivity (Wildman–Crippen MR) is 72.9 cm³/mol. The first-order chi connectivity index (χ1) is 10.0. The van der Waals surface area contributed by atoms with Gasteiger partial charge in [0.2, 0.25) is 1.43 Å². The number of aliphatic hydroxyl groups excluding tert-OH is 1. The lowest BCUT2D eigenvalue weighted by atomic mass is 10.2. The Kier molecular flexibility index (Phi) is 3.08. The summed E-state index contributed by atoms with van der Waals surface area (Å²) in [6.07, 6.45) is 1.15. The minimum atomic E-state index is -0.502. The molecule has 0 bridgehead atoms. The van der Waals surface area contributed by atoms with Gasteiger partial charge in [0, 0.05) is 29.7 Å². The standard InChI is InChI=1S/C14H20N2O2/c1-10(2)16-8-11(17)9-18-14-5-3-4-13-12(14)6-7-15-13/h3-7,10-11,15-17H,8-9H2,1-2H3/i17D/hD2. The van der Waals surface area contributed by atoms with Crippen molar-refractivity contribution in [1.82, 2.24) is 10.3 Å². The van der Waals surface area contributed by atoms with Crippen molar-refractivity contribution < 1.29 is 12.7 Å². The molecule has 4 heteroatoms. The molecule has 0 aliphatic carbocycles. The first-order valence-electron chi connectivity index (χ1n) is 7.42. The largest absolute Gasteiger partial charge is 0.490 e. The Labute approximate surface area is 111 Å². The van der Waals surface area contributed by atoms with Crippen LogP contribution in [0.25, 0.3) is 10.9 Å². The van der Waals surface area contributed by atoms with Crippen LogP contribution >= 0.6 is 0 Å². The summed E-state index contributed by atoms with van der Waals surface area (Å²) in [5, 5.41) is 6.85. The number of nitrogens with one attached hydrogen (secondary N) is 2. The van der Waals surface area contributed by atoms with Crippen LogP contribution in [0.2, 0.25) is 2.82 Å². The van der Waals surface area contributed by atoms with Gasteiger partial charge in [0.1, 0.15) is 19.9 Å². The Balaban J connectivity index is 2.03. The van der Waals surface area contributed by atoms with E-state index in [1.165, 1.54) is 10.3 Å². The van der Waals surface area contributed by atoms with Crippen molar-refractivity contribution in [2.24, 2.45) is 0 Å². The zero-order chi connectivity index (χ0) is 15.4. The van der Waals surface area contributed by atoms with Crippen molar-refractivity contribution in [3.8, 4) is 5.75 Å². The number of aromatic nitrogens is 1. The molecule has 2 aromatic rings. The lowest BCUT2D eigenvalue weighted by Crippen LogP contribution is -2.35. The van der Waals surface area contributed by atoms with Crippen LogP contribution < -0.4 is 10.0 Å². The summed E-state index contributed by atoms with van der Waals surface area (Å²) in [4.78, 5) is 1.28. The average Bonchev–Trinajstić information content (AvgIpc) is 2.85. The molecule has 0 aliphatic heterocycles. The fourth-order valence-electron chi connectivity index (χ4n) is 1.69. The second-order valence-corrected chi connectivity index (χ2v) is 4.53. The summed E-state index contributed by atoms with van der Waals surface area (Å²) in [6, 6.07) is 7.37. The summed E-state index contributed by atoms with van der Waals surface area (Å²) in [7, 11) is 0. The topological polar surface area (TPSA) is 57.3 Å². The molecule has 0 spiro atoms. The third-order valence-electron chi connectivity index (χ3n) is 2.60. The molecule has 18 heavy (non-hydrogen) atoms. The van der Waals surface area contributed by atoms with Crippen LogP contribution in [-0.4, -0.2) is 36.8 Å². The molecule has 4 nitrogen and oxygen atoms in total. The van der Waals surface area contributed by atoms with E-state index in [4.69, 9.17) is 8.99 Å². The number of ether oxygens (including phenoxy) is 1. The Morgan fingerprint density at radius 2 is 2.44 bits per heavy atom. The van der Waals surface area contributed by atoms with E-state index in [2.05, 4.69) is 5.11 Å². The van der Waals surface area contributed by atoms with Crippen LogP contribution in [0.4, 0.5) is 0 Å². The van der Waals surface area contributed by atoms with E-state index < -0.39 is 6.10 Å². The van der Waals surface area contributed by atoms with Gasteiger partial charge in [-0.25, -0.2) is 0 Å². The van der Waals surface area contributed by atoms with Crippen LogP contribution in [0.15, 0.2) is 30.5 Å². The molecule has 2 rings (SSSR count). The fourth-order valence-corrected chi connectivity index (χ4v) is 1.69. The molecule has 0 fully saturated rings. The third-order valence-corrected chi connectivity index (χ3v) is 2.60. The van der Waals surface area contributed by atoms with Gasteiger partial charge in [0.05, 0.1) is 0 Å². The molecular weight excluding hydrogens is 228 g/mol. The highest BCUT2D eigenvalue weighted by Gasteiger charge is 2.08. The first-order valence-corrected chi connectivity index (χ1v) is 6.12. The summed E-state index contributed by atoms with van der Waals surface area (Å²) in [5.74, 6) is 0.654. The summed E-state index contributed by atoms with van der Waals surface area (Å²) in [6.45, 7) is 4.31. The summed E-state index contributed by atoms with van der Waals surface area (Å²) >= 11 is 0. The van der Waals surface area contributed by atoms with Gasteiger partial charge < -0.3 is 20.1 Å². The van der Waals surface area contributed by atoms with Crippen molar-refractivity contribution in [1.29, 1.82) is 1.43 Å². The molecule has 3 N–H and O–H groups in total. The second kappa shape index (κ2) is 5.89. The van der Waals surface area contributed by atoms with E-state index in [0.29, 0.717) is 12.3 Å². The van der Waals surface area contributed by atoms with Gasteiger partial charge in [-0.15, -0.1) is 0 Å². The van der Waals surface area contributed by atoms with Crippen molar-refractivity contribution in [3.05, 3.63) is 30.5 Å². The number of aromatic amines is 1. The first kappa shape index (κ1) is 9.42. The van der Waals surface area contributed by atoms with Gasteiger partial charge in [0.15, 0.2) is 1.41 Å². The Hall–Kier alpha value is -1.52. The molecular formula is C14H20N2O2. The SMILES string of the molecule is [2H]OC(COc1cccc2c1ccn2[2H])CN([2H])C(C)C. The minimum Gasteiger partial charge on any atom is -0.490 e. The highest BCUT2D eigenvalue weighted by Crippen LogP contribution is 2.24. The van der Waals surface area contributed by atoms with Crippen LogP contribution in [0.3, 0.4) is 0 Å². The highest BCUT2D eigenvalue weighted by molar-refractivity contribution is 5.85. The lowest BCUT2D eigenvalue weighted by Gasteiger charge is -2.15. The maximum atomic E-state index is 7.76. The van der Waals surface area contributed by atoms with Crippen molar-refractivity contribution >= 4 is 10.9 Å². The van der Waals surface area contributed by atoms with Crippen LogP contribution in [0.5, 0.6) is 5.75 Å². The molecule has 1 aromatic carbocycles. The number of fused-ring (bicyclic) bond motifs is 1. The van der Waals surface area contributed by atoms with Crippen molar-refractivity contribution in [2.45, 2.75) is 26.0 Å². The van der Waals surface area contributed by atoms with Crippen molar-refractivity contribution in [2.75, 3.05) is 13.2 Å². The molecule has 1 aromatic heterocycles. The summed E-state index contributed by atoms with van der Waals surface area (Å²) < 4.78 is 28.3. The molecule has 1 atom stereocenters. The number of hydrogen-bond acceptors (Lipinski definition) is 3. The quantitative estimate of drug-likeness (QED) is 0.704. The fraction of sp³-hybridized carbons (Fsp3) is 0.429. The molecule has 0 saturated carbocycles. The molecule has 0 aliphatic rings. The van der Waals surface area contributed by atoms with Crippen LogP contribution in [0, 0.1) is 0 Å². The van der Waals surface area contributed by atoms with E-state index in [1.54, 1.807) is 6.20 Å². The van der Waals surface area contributed by atoms with Gasteiger partial charge in [-0.3, -0.25) is 0 Å². The number of benzene rings is 1. The number of rotatable bonds is 7. The normalized spacial score (nSPS) is 15.7. The van der Waals surface area contributed by atoms with Gasteiger partial charge in [0.25, 0.3) is 0 Å². The van der Waals surface area contributed by atoms with E-state index >= 15 is 0 Å². The smallest absolute Gasteiger partial charge is 0.211 e. The zero-order valence-corrected chi connectivity index (χ0v) is 10.7. The molecule has 98 valence electrons. The van der Waals surface area contributed by atoms with E-state index in [-0.39, 0.29) is 12.6 Å². The Morgan fingerprint density at radius 3 is 3.22 bits per heavy atom. The van der Waals surface area contributed by atoms with Gasteiger partial charge in [-0.2, -0.15) is 0 Å².